The fourth-order valence-corrected chi connectivity index (χ4v) is 2.54. The zero-order valence-electron chi connectivity index (χ0n) is 14.9. The summed E-state index contributed by atoms with van der Waals surface area (Å²) in [7, 11) is 4.07. The molecule has 1 saturated heterocycles. The van der Waals surface area contributed by atoms with Crippen molar-refractivity contribution in [1.29, 1.82) is 0 Å². The molecule has 1 aliphatic rings. The zero-order valence-corrected chi connectivity index (χ0v) is 14.9. The second-order valence-corrected chi connectivity index (χ2v) is 6.45. The number of H-pyrrole nitrogens is 1. The molecule has 2 atom stereocenters. The third kappa shape index (κ3) is 9.71. The molecule has 2 heterocycles. The van der Waals surface area contributed by atoms with Crippen molar-refractivity contribution in [3.8, 4) is 0 Å². The SMILES string of the molecule is CC1CCC(CCCO)OC1.CNCCN(C)Cc1cn[nH]c1. The van der Waals surface area contributed by atoms with Crippen LogP contribution >= 0.6 is 0 Å². The minimum Gasteiger partial charge on any atom is -0.396 e. The fourth-order valence-electron chi connectivity index (χ4n) is 2.54. The Hall–Kier alpha value is -0.950. The van der Waals surface area contributed by atoms with Gasteiger partial charge in [-0.3, -0.25) is 5.10 Å². The minimum atomic E-state index is 0.301. The van der Waals surface area contributed by atoms with Gasteiger partial charge in [0.15, 0.2) is 0 Å². The van der Waals surface area contributed by atoms with Crippen LogP contribution in [0.4, 0.5) is 0 Å². The summed E-state index contributed by atoms with van der Waals surface area (Å²) in [5.74, 6) is 0.736. The smallest absolute Gasteiger partial charge is 0.0576 e. The molecule has 23 heavy (non-hydrogen) atoms. The van der Waals surface area contributed by atoms with Crippen LogP contribution in [0.1, 0.15) is 38.2 Å². The van der Waals surface area contributed by atoms with Crippen molar-refractivity contribution < 1.29 is 9.84 Å². The number of rotatable bonds is 8. The third-order valence-electron chi connectivity index (χ3n) is 4.03. The maximum atomic E-state index is 8.59. The Balaban J connectivity index is 0.000000231. The molecule has 2 unspecified atom stereocenters. The van der Waals surface area contributed by atoms with E-state index in [1.165, 1.54) is 18.4 Å². The van der Waals surface area contributed by atoms with Crippen molar-refractivity contribution >= 4 is 0 Å². The first-order chi connectivity index (χ1) is 11.2. The normalized spacial score (nSPS) is 21.1. The van der Waals surface area contributed by atoms with Gasteiger partial charge in [0.25, 0.3) is 0 Å². The minimum absolute atomic E-state index is 0.301. The molecule has 0 amide bonds. The molecular formula is C17H34N4O2. The molecule has 1 fully saturated rings. The van der Waals surface area contributed by atoms with Gasteiger partial charge in [0.05, 0.1) is 12.3 Å². The highest BCUT2D eigenvalue weighted by Crippen LogP contribution is 2.20. The summed E-state index contributed by atoms with van der Waals surface area (Å²) in [6.07, 6.45) is 8.60. The lowest BCUT2D eigenvalue weighted by molar-refractivity contribution is -0.0177. The highest BCUT2D eigenvalue weighted by Gasteiger charge is 2.17. The van der Waals surface area contributed by atoms with E-state index in [0.29, 0.717) is 12.7 Å². The van der Waals surface area contributed by atoms with Crippen molar-refractivity contribution in [2.24, 2.45) is 5.92 Å². The Morgan fingerprint density at radius 2 is 2.30 bits per heavy atom. The largest absolute Gasteiger partial charge is 0.396 e. The van der Waals surface area contributed by atoms with Crippen LogP contribution in [0.2, 0.25) is 0 Å². The van der Waals surface area contributed by atoms with Crippen LogP contribution in [0, 0.1) is 5.92 Å². The van der Waals surface area contributed by atoms with E-state index in [1.807, 2.05) is 19.4 Å². The van der Waals surface area contributed by atoms with E-state index < -0.39 is 0 Å². The number of aromatic amines is 1. The predicted octanol–water partition coefficient (Wildman–Crippen LogP) is 1.63. The highest BCUT2D eigenvalue weighted by atomic mass is 16.5. The summed E-state index contributed by atoms with van der Waals surface area (Å²) < 4.78 is 5.58. The summed E-state index contributed by atoms with van der Waals surface area (Å²) in [4.78, 5) is 2.25. The van der Waals surface area contributed by atoms with Gasteiger partial charge in [-0.05, 0) is 45.7 Å². The van der Waals surface area contributed by atoms with Crippen molar-refractivity contribution in [2.75, 3.05) is 40.4 Å². The van der Waals surface area contributed by atoms with Crippen LogP contribution in [0.25, 0.3) is 0 Å². The number of nitrogens with zero attached hydrogens (tertiary/aromatic N) is 2. The molecule has 0 saturated carbocycles. The molecule has 2 rings (SSSR count). The molecule has 0 aromatic carbocycles. The molecule has 6 heteroatoms. The monoisotopic (exact) mass is 326 g/mol. The topological polar surface area (TPSA) is 73.4 Å². The van der Waals surface area contributed by atoms with Gasteiger partial charge in [0, 0.05) is 44.6 Å². The number of hydrogen-bond acceptors (Lipinski definition) is 5. The summed E-state index contributed by atoms with van der Waals surface area (Å²) >= 11 is 0. The molecule has 1 aromatic heterocycles. The lowest BCUT2D eigenvalue weighted by Gasteiger charge is -2.26. The molecule has 0 aliphatic carbocycles. The zero-order chi connectivity index (χ0) is 16.9. The number of nitrogens with one attached hydrogen (secondary N) is 2. The molecule has 3 N–H and O–H groups in total. The van der Waals surface area contributed by atoms with Gasteiger partial charge in [0.2, 0.25) is 0 Å². The molecular weight excluding hydrogens is 292 g/mol. The second-order valence-electron chi connectivity index (χ2n) is 6.45. The summed E-state index contributed by atoms with van der Waals surface area (Å²) in [6.45, 7) is 6.47. The van der Waals surface area contributed by atoms with Gasteiger partial charge in [-0.1, -0.05) is 6.92 Å². The van der Waals surface area contributed by atoms with E-state index in [4.69, 9.17) is 9.84 Å². The average Bonchev–Trinajstić information content (AvgIpc) is 3.06. The first kappa shape index (κ1) is 20.1. The Labute approximate surface area is 140 Å². The molecule has 1 aromatic rings. The van der Waals surface area contributed by atoms with Gasteiger partial charge in [-0.15, -0.1) is 0 Å². The van der Waals surface area contributed by atoms with Crippen molar-refractivity contribution in [2.45, 2.75) is 45.3 Å². The van der Waals surface area contributed by atoms with Crippen molar-refractivity contribution in [3.63, 3.8) is 0 Å². The average molecular weight is 326 g/mol. The van der Waals surface area contributed by atoms with E-state index in [2.05, 4.69) is 34.4 Å². The van der Waals surface area contributed by atoms with Crippen LogP contribution < -0.4 is 5.32 Å². The number of aliphatic hydroxyl groups excluding tert-OH is 1. The van der Waals surface area contributed by atoms with Crippen LogP contribution in [0.5, 0.6) is 0 Å². The van der Waals surface area contributed by atoms with Gasteiger partial charge in [-0.2, -0.15) is 5.10 Å². The highest BCUT2D eigenvalue weighted by molar-refractivity contribution is 5.01. The van der Waals surface area contributed by atoms with E-state index >= 15 is 0 Å². The number of ether oxygens (including phenoxy) is 1. The van der Waals surface area contributed by atoms with Crippen molar-refractivity contribution in [1.82, 2.24) is 20.4 Å². The van der Waals surface area contributed by atoms with Crippen LogP contribution in [0.15, 0.2) is 12.4 Å². The number of aromatic nitrogens is 2. The van der Waals surface area contributed by atoms with Crippen LogP contribution in [0.3, 0.4) is 0 Å². The predicted molar refractivity (Wildman–Crippen MR) is 93.3 cm³/mol. The number of likely N-dealkylation sites (N-methyl/N-ethyl adjacent to an activating group) is 2. The lowest BCUT2D eigenvalue weighted by Crippen LogP contribution is -2.26. The molecule has 6 nitrogen and oxygen atoms in total. The van der Waals surface area contributed by atoms with E-state index in [1.54, 1.807) is 0 Å². The van der Waals surface area contributed by atoms with Gasteiger partial charge >= 0.3 is 0 Å². The third-order valence-corrected chi connectivity index (χ3v) is 4.03. The van der Waals surface area contributed by atoms with Gasteiger partial charge in [-0.25, -0.2) is 0 Å². The Morgan fingerprint density at radius 1 is 1.48 bits per heavy atom. The van der Waals surface area contributed by atoms with Crippen LogP contribution in [-0.4, -0.2) is 66.7 Å². The molecule has 0 bridgehead atoms. The van der Waals surface area contributed by atoms with Crippen molar-refractivity contribution in [3.05, 3.63) is 18.0 Å². The number of hydrogen-bond donors (Lipinski definition) is 3. The molecule has 0 radical (unpaired) electrons. The molecule has 0 spiro atoms. The maximum absolute atomic E-state index is 8.59. The summed E-state index contributed by atoms with van der Waals surface area (Å²) in [5, 5.41) is 18.4. The molecule has 134 valence electrons. The number of aliphatic hydroxyl groups is 1. The Morgan fingerprint density at radius 3 is 2.87 bits per heavy atom. The standard InChI is InChI=1S/C9H18O2.C8H16N4/c1-8-4-5-9(11-7-8)3-2-6-10;1-9-3-4-12(2)7-8-5-10-11-6-8/h8-10H,2-7H2,1H3;5-6,9H,3-4,7H2,1-2H3,(H,10,11). The van der Waals surface area contributed by atoms with Gasteiger partial charge in [0.1, 0.15) is 0 Å². The maximum Gasteiger partial charge on any atom is 0.0576 e. The Bertz CT molecular complexity index is 362. The summed E-state index contributed by atoms with van der Waals surface area (Å²) in [5.41, 5.74) is 1.23. The van der Waals surface area contributed by atoms with E-state index in [-0.39, 0.29) is 0 Å². The lowest BCUT2D eigenvalue weighted by atomic mass is 9.98. The quantitative estimate of drug-likeness (QED) is 0.677. The summed E-state index contributed by atoms with van der Waals surface area (Å²) in [6, 6.07) is 0. The second kappa shape index (κ2) is 12.5. The first-order valence-corrected chi connectivity index (χ1v) is 8.69. The van der Waals surface area contributed by atoms with E-state index in [9.17, 15) is 0 Å². The fraction of sp³-hybridized carbons (Fsp3) is 0.824. The van der Waals surface area contributed by atoms with Crippen LogP contribution in [-0.2, 0) is 11.3 Å². The van der Waals surface area contributed by atoms with E-state index in [0.717, 1.165) is 45.0 Å². The molecule has 1 aliphatic heterocycles. The first-order valence-electron chi connectivity index (χ1n) is 8.69. The Kier molecular flexibility index (Phi) is 10.9. The van der Waals surface area contributed by atoms with Gasteiger partial charge < -0.3 is 20.1 Å².